The van der Waals surface area contributed by atoms with E-state index in [1.54, 1.807) is 25.3 Å². The number of hydrogen-bond donors (Lipinski definition) is 2. The van der Waals surface area contributed by atoms with Gasteiger partial charge in [0, 0.05) is 25.3 Å². The molecular weight excluding hydrogens is 268 g/mol. The van der Waals surface area contributed by atoms with E-state index in [1.807, 2.05) is 0 Å². The van der Waals surface area contributed by atoms with Crippen LogP contribution < -0.4 is 10.1 Å². The Kier molecular flexibility index (Phi) is 4.89. The van der Waals surface area contributed by atoms with Crippen molar-refractivity contribution in [1.29, 1.82) is 0 Å². The maximum Gasteiger partial charge on any atom is 0.387 e. The third kappa shape index (κ3) is 3.92. The van der Waals surface area contributed by atoms with Gasteiger partial charge in [-0.1, -0.05) is 12.1 Å². The molecule has 0 spiro atoms. The molecule has 2 N–H and O–H groups in total. The first-order chi connectivity index (χ1) is 9.69. The Bertz CT molecular complexity index is 546. The lowest BCUT2D eigenvalue weighted by Gasteiger charge is -2.05. The molecule has 0 saturated heterocycles. The van der Waals surface area contributed by atoms with Gasteiger partial charge >= 0.3 is 6.61 Å². The number of hydrogen-bond acceptors (Lipinski definition) is 4. The summed E-state index contributed by atoms with van der Waals surface area (Å²) in [5, 5.41) is 9.97. The van der Waals surface area contributed by atoms with Crippen molar-refractivity contribution in [2.24, 2.45) is 0 Å². The van der Waals surface area contributed by atoms with Crippen LogP contribution in [0.4, 0.5) is 14.6 Å². The fraction of sp³-hybridized carbons (Fsp3) is 0.308. The predicted octanol–water partition coefficient (Wildman–Crippen LogP) is 2.74. The molecule has 0 aliphatic carbocycles. The van der Waals surface area contributed by atoms with Gasteiger partial charge in [-0.2, -0.15) is 13.9 Å². The van der Waals surface area contributed by atoms with Gasteiger partial charge in [0.2, 0.25) is 0 Å². The molecule has 1 heterocycles. The minimum atomic E-state index is -2.83. The summed E-state index contributed by atoms with van der Waals surface area (Å²) in [5.41, 5.74) is 1.43. The summed E-state index contributed by atoms with van der Waals surface area (Å²) in [6.45, 7) is -1.63. The first kappa shape index (κ1) is 14.3. The predicted molar refractivity (Wildman–Crippen MR) is 71.0 cm³/mol. The SMILES string of the molecule is COCCNc1cc(-c2cccc(OC(F)F)c2)[nH]n1. The summed E-state index contributed by atoms with van der Waals surface area (Å²) >= 11 is 0. The third-order valence-corrected chi connectivity index (χ3v) is 2.56. The molecule has 0 amide bonds. The number of ether oxygens (including phenoxy) is 2. The second kappa shape index (κ2) is 6.85. The summed E-state index contributed by atoms with van der Waals surface area (Å²) in [6.07, 6.45) is 0. The molecule has 20 heavy (non-hydrogen) atoms. The summed E-state index contributed by atoms with van der Waals surface area (Å²) in [5.74, 6) is 0.776. The fourth-order valence-corrected chi connectivity index (χ4v) is 1.68. The largest absolute Gasteiger partial charge is 0.435 e. The number of benzene rings is 1. The number of aromatic nitrogens is 2. The van der Waals surface area contributed by atoms with Crippen molar-refractivity contribution in [2.75, 3.05) is 25.6 Å². The Labute approximate surface area is 114 Å². The monoisotopic (exact) mass is 283 g/mol. The van der Waals surface area contributed by atoms with E-state index in [-0.39, 0.29) is 5.75 Å². The van der Waals surface area contributed by atoms with E-state index < -0.39 is 6.61 Å². The minimum Gasteiger partial charge on any atom is -0.435 e. The van der Waals surface area contributed by atoms with Gasteiger partial charge in [0.05, 0.1) is 12.3 Å². The molecule has 5 nitrogen and oxygen atoms in total. The van der Waals surface area contributed by atoms with Crippen molar-refractivity contribution in [3.63, 3.8) is 0 Å². The molecule has 2 rings (SSSR count). The Morgan fingerprint density at radius 3 is 2.95 bits per heavy atom. The normalized spacial score (nSPS) is 10.8. The molecule has 7 heteroatoms. The number of alkyl halides is 2. The van der Waals surface area contributed by atoms with Crippen LogP contribution in [0.5, 0.6) is 5.75 Å². The van der Waals surface area contributed by atoms with Crippen molar-refractivity contribution in [3.05, 3.63) is 30.3 Å². The van der Waals surface area contributed by atoms with Crippen LogP contribution in [0.3, 0.4) is 0 Å². The van der Waals surface area contributed by atoms with Gasteiger partial charge < -0.3 is 14.8 Å². The van der Waals surface area contributed by atoms with Crippen molar-refractivity contribution < 1.29 is 18.3 Å². The molecule has 2 aromatic rings. The molecular formula is C13H15F2N3O2. The molecule has 0 bridgehead atoms. The standard InChI is InChI=1S/C13H15F2N3O2/c1-19-6-5-16-12-8-11(17-18-12)9-3-2-4-10(7-9)20-13(14)15/h2-4,7-8,13H,5-6H2,1H3,(H2,16,17,18). The van der Waals surface area contributed by atoms with Gasteiger partial charge in [-0.3, -0.25) is 5.10 Å². The summed E-state index contributed by atoms with van der Waals surface area (Å²) in [4.78, 5) is 0. The molecule has 108 valence electrons. The smallest absolute Gasteiger partial charge is 0.387 e. The van der Waals surface area contributed by atoms with Gasteiger partial charge in [0.15, 0.2) is 0 Å². The van der Waals surface area contributed by atoms with Crippen LogP contribution in [-0.4, -0.2) is 37.1 Å². The quantitative estimate of drug-likeness (QED) is 0.767. The molecule has 1 aromatic carbocycles. The van der Waals surface area contributed by atoms with E-state index in [1.165, 1.54) is 12.1 Å². The van der Waals surface area contributed by atoms with Crippen LogP contribution >= 0.6 is 0 Å². The molecule has 0 atom stereocenters. The molecule has 0 radical (unpaired) electrons. The van der Waals surface area contributed by atoms with E-state index in [4.69, 9.17) is 4.74 Å². The Morgan fingerprint density at radius 1 is 1.35 bits per heavy atom. The molecule has 0 fully saturated rings. The van der Waals surface area contributed by atoms with E-state index in [0.29, 0.717) is 24.7 Å². The van der Waals surface area contributed by atoms with Gasteiger partial charge in [-0.15, -0.1) is 0 Å². The number of rotatable bonds is 7. The first-order valence-electron chi connectivity index (χ1n) is 6.02. The number of halogens is 2. The number of nitrogens with one attached hydrogen (secondary N) is 2. The maximum absolute atomic E-state index is 12.2. The maximum atomic E-state index is 12.2. The van der Waals surface area contributed by atoms with Crippen LogP contribution in [-0.2, 0) is 4.74 Å². The van der Waals surface area contributed by atoms with Crippen molar-refractivity contribution in [2.45, 2.75) is 6.61 Å². The molecule has 1 aromatic heterocycles. The van der Waals surface area contributed by atoms with Crippen molar-refractivity contribution >= 4 is 5.82 Å². The molecule has 0 aliphatic rings. The fourth-order valence-electron chi connectivity index (χ4n) is 1.68. The molecule has 0 aliphatic heterocycles. The molecule has 0 unspecified atom stereocenters. The summed E-state index contributed by atoms with van der Waals surface area (Å²) in [7, 11) is 1.62. The van der Waals surface area contributed by atoms with Crippen LogP contribution in [0.1, 0.15) is 0 Å². The van der Waals surface area contributed by atoms with Gasteiger partial charge in [0.25, 0.3) is 0 Å². The second-order valence-electron chi connectivity index (χ2n) is 3.99. The molecule has 0 saturated carbocycles. The summed E-state index contributed by atoms with van der Waals surface area (Å²) < 4.78 is 33.6. The van der Waals surface area contributed by atoms with E-state index in [2.05, 4.69) is 20.3 Å². The van der Waals surface area contributed by atoms with E-state index >= 15 is 0 Å². The number of aromatic amines is 1. The number of anilines is 1. The first-order valence-corrected chi connectivity index (χ1v) is 6.02. The zero-order valence-electron chi connectivity index (χ0n) is 10.9. The lowest BCUT2D eigenvalue weighted by atomic mass is 10.1. The van der Waals surface area contributed by atoms with Gasteiger partial charge in [-0.05, 0) is 12.1 Å². The highest BCUT2D eigenvalue weighted by molar-refractivity contribution is 5.64. The zero-order chi connectivity index (χ0) is 14.4. The van der Waals surface area contributed by atoms with Gasteiger partial charge in [-0.25, -0.2) is 0 Å². The Morgan fingerprint density at radius 2 is 2.20 bits per heavy atom. The van der Waals surface area contributed by atoms with Crippen molar-refractivity contribution in [3.8, 4) is 17.0 Å². The van der Waals surface area contributed by atoms with Crippen molar-refractivity contribution in [1.82, 2.24) is 10.2 Å². The number of H-pyrrole nitrogens is 1. The van der Waals surface area contributed by atoms with Crippen LogP contribution in [0.2, 0.25) is 0 Å². The lowest BCUT2D eigenvalue weighted by molar-refractivity contribution is -0.0498. The lowest BCUT2D eigenvalue weighted by Crippen LogP contribution is -2.07. The Hall–Kier alpha value is -2.15. The highest BCUT2D eigenvalue weighted by atomic mass is 19.3. The third-order valence-electron chi connectivity index (χ3n) is 2.56. The van der Waals surface area contributed by atoms with Crippen LogP contribution in [0, 0.1) is 0 Å². The summed E-state index contributed by atoms with van der Waals surface area (Å²) in [6, 6.07) is 8.22. The highest BCUT2D eigenvalue weighted by Gasteiger charge is 2.07. The highest BCUT2D eigenvalue weighted by Crippen LogP contribution is 2.24. The van der Waals surface area contributed by atoms with Gasteiger partial charge in [0.1, 0.15) is 11.6 Å². The number of methoxy groups -OCH3 is 1. The zero-order valence-corrected chi connectivity index (χ0v) is 10.9. The Balaban J connectivity index is 2.07. The van der Waals surface area contributed by atoms with E-state index in [0.717, 1.165) is 5.56 Å². The number of nitrogens with zero attached hydrogens (tertiary/aromatic N) is 1. The van der Waals surface area contributed by atoms with E-state index in [9.17, 15) is 8.78 Å². The average Bonchev–Trinajstić information content (AvgIpc) is 2.87. The second-order valence-corrected chi connectivity index (χ2v) is 3.99. The van der Waals surface area contributed by atoms with Crippen LogP contribution in [0.25, 0.3) is 11.3 Å². The minimum absolute atomic E-state index is 0.112. The van der Waals surface area contributed by atoms with Crippen LogP contribution in [0.15, 0.2) is 30.3 Å². The average molecular weight is 283 g/mol. The topological polar surface area (TPSA) is 59.2 Å².